The van der Waals surface area contributed by atoms with E-state index in [9.17, 15) is 4.79 Å². The number of hydrogen-bond donors (Lipinski definition) is 1. The number of fused-ring (bicyclic) bond motifs is 1. The third kappa shape index (κ3) is 3.24. The minimum atomic E-state index is -0.211. The molecule has 132 valence electrons. The molecule has 24 heavy (non-hydrogen) atoms. The van der Waals surface area contributed by atoms with Gasteiger partial charge in [-0.25, -0.2) is 4.98 Å². The van der Waals surface area contributed by atoms with Crippen LogP contribution in [0.1, 0.15) is 47.7 Å². The molecule has 0 bridgehead atoms. The lowest BCUT2D eigenvalue weighted by Crippen LogP contribution is -2.39. The highest BCUT2D eigenvalue weighted by Crippen LogP contribution is 2.41. The standard InChI is InChI=1S/C18H27N3O2S/c1-21(12-16-20-14-4-2-3-5-15(14)24-16)11-13-10-18(17(22)23-13)6-8-19-9-7-18/h13,19H,2-12H2,1H3. The number of piperidine rings is 1. The number of nitrogens with one attached hydrogen (secondary N) is 1. The summed E-state index contributed by atoms with van der Waals surface area (Å²) >= 11 is 1.87. The van der Waals surface area contributed by atoms with Gasteiger partial charge in [-0.15, -0.1) is 11.3 Å². The summed E-state index contributed by atoms with van der Waals surface area (Å²) in [6, 6.07) is 0. The van der Waals surface area contributed by atoms with Crippen molar-refractivity contribution in [2.45, 2.75) is 57.6 Å². The maximum atomic E-state index is 12.4. The average molecular weight is 350 g/mol. The van der Waals surface area contributed by atoms with Crippen molar-refractivity contribution < 1.29 is 9.53 Å². The van der Waals surface area contributed by atoms with E-state index in [1.54, 1.807) is 0 Å². The first kappa shape index (κ1) is 16.5. The van der Waals surface area contributed by atoms with Crippen LogP contribution in [0.4, 0.5) is 0 Å². The molecule has 1 spiro atoms. The van der Waals surface area contributed by atoms with Gasteiger partial charge in [0.2, 0.25) is 0 Å². The lowest BCUT2D eigenvalue weighted by Gasteiger charge is -2.29. The van der Waals surface area contributed by atoms with Gasteiger partial charge in [0.1, 0.15) is 11.1 Å². The molecule has 5 nitrogen and oxygen atoms in total. The maximum Gasteiger partial charge on any atom is 0.312 e. The van der Waals surface area contributed by atoms with Gasteiger partial charge in [0.05, 0.1) is 17.7 Å². The van der Waals surface area contributed by atoms with Crippen LogP contribution in [0.25, 0.3) is 0 Å². The number of aryl methyl sites for hydroxylation is 2. The lowest BCUT2D eigenvalue weighted by atomic mass is 9.76. The number of hydrogen-bond acceptors (Lipinski definition) is 6. The first-order valence-corrected chi connectivity index (χ1v) is 10.0. The lowest BCUT2D eigenvalue weighted by molar-refractivity contribution is -0.150. The van der Waals surface area contributed by atoms with E-state index in [1.165, 1.54) is 34.8 Å². The van der Waals surface area contributed by atoms with Crippen LogP contribution >= 0.6 is 11.3 Å². The Hall–Kier alpha value is -0.980. The number of aromatic nitrogens is 1. The molecular weight excluding hydrogens is 322 g/mol. The summed E-state index contributed by atoms with van der Waals surface area (Å²) in [5, 5.41) is 4.56. The molecule has 2 aliphatic heterocycles. The van der Waals surface area contributed by atoms with Crippen molar-refractivity contribution in [1.82, 2.24) is 15.2 Å². The molecule has 0 saturated carbocycles. The molecule has 6 heteroatoms. The number of thiazole rings is 1. The Kier molecular flexibility index (Phi) is 4.62. The smallest absolute Gasteiger partial charge is 0.312 e. The van der Waals surface area contributed by atoms with Crippen molar-refractivity contribution in [1.29, 1.82) is 0 Å². The fourth-order valence-electron chi connectivity index (χ4n) is 4.37. The van der Waals surface area contributed by atoms with Gasteiger partial charge in [-0.1, -0.05) is 0 Å². The molecular formula is C18H27N3O2S. The summed E-state index contributed by atoms with van der Waals surface area (Å²) in [5.74, 6) is 0.0344. The topological polar surface area (TPSA) is 54.5 Å². The Labute approximate surface area is 147 Å². The van der Waals surface area contributed by atoms with Crippen LogP contribution in [0, 0.1) is 5.41 Å². The van der Waals surface area contributed by atoms with Crippen molar-refractivity contribution in [2.24, 2.45) is 5.41 Å². The van der Waals surface area contributed by atoms with Crippen LogP contribution < -0.4 is 5.32 Å². The van der Waals surface area contributed by atoms with Crippen LogP contribution in [0.15, 0.2) is 0 Å². The minimum Gasteiger partial charge on any atom is -0.461 e. The number of carbonyl (C=O) groups is 1. The summed E-state index contributed by atoms with van der Waals surface area (Å²) in [7, 11) is 2.11. The van der Waals surface area contributed by atoms with E-state index in [2.05, 4.69) is 17.3 Å². The number of rotatable bonds is 4. The number of likely N-dealkylation sites (N-methyl/N-ethyl adjacent to an activating group) is 1. The van der Waals surface area contributed by atoms with Crippen LogP contribution in [-0.4, -0.2) is 48.6 Å². The predicted molar refractivity (Wildman–Crippen MR) is 94.1 cm³/mol. The highest BCUT2D eigenvalue weighted by molar-refractivity contribution is 7.11. The first-order valence-electron chi connectivity index (χ1n) is 9.22. The van der Waals surface area contributed by atoms with Crippen LogP contribution in [0.2, 0.25) is 0 Å². The maximum absolute atomic E-state index is 12.4. The summed E-state index contributed by atoms with van der Waals surface area (Å²) in [4.78, 5) is 20.9. The molecule has 1 unspecified atom stereocenters. The van der Waals surface area contributed by atoms with Gasteiger partial charge >= 0.3 is 5.97 Å². The molecule has 3 aliphatic rings. The monoisotopic (exact) mass is 349 g/mol. The number of ether oxygens (including phenoxy) is 1. The van der Waals surface area contributed by atoms with E-state index < -0.39 is 0 Å². The van der Waals surface area contributed by atoms with E-state index >= 15 is 0 Å². The summed E-state index contributed by atoms with van der Waals surface area (Å²) in [6.07, 6.45) is 7.69. The van der Waals surface area contributed by atoms with Gasteiger partial charge in [-0.2, -0.15) is 0 Å². The van der Waals surface area contributed by atoms with Gasteiger partial charge < -0.3 is 10.1 Å². The van der Waals surface area contributed by atoms with Gasteiger partial charge in [-0.3, -0.25) is 9.69 Å². The number of esters is 1. The average Bonchev–Trinajstić information content (AvgIpc) is 3.09. The van der Waals surface area contributed by atoms with Gasteiger partial charge in [0.25, 0.3) is 0 Å². The number of cyclic esters (lactones) is 1. The van der Waals surface area contributed by atoms with Crippen LogP contribution in [0.5, 0.6) is 0 Å². The molecule has 1 aliphatic carbocycles. The predicted octanol–water partition coefficient (Wildman–Crippen LogP) is 2.14. The zero-order chi connectivity index (χ0) is 16.6. The van der Waals surface area contributed by atoms with Gasteiger partial charge in [-0.05, 0) is 58.7 Å². The second-order valence-electron chi connectivity index (χ2n) is 7.64. The van der Waals surface area contributed by atoms with Crippen molar-refractivity contribution in [3.63, 3.8) is 0 Å². The number of nitrogens with zero attached hydrogens (tertiary/aromatic N) is 2. The second kappa shape index (κ2) is 6.73. The molecule has 1 atom stereocenters. The van der Waals surface area contributed by atoms with Gasteiger partial charge in [0, 0.05) is 17.8 Å². The summed E-state index contributed by atoms with van der Waals surface area (Å²) in [6.45, 7) is 3.54. The molecule has 1 aromatic heterocycles. The quantitative estimate of drug-likeness (QED) is 0.844. The Balaban J connectivity index is 1.34. The molecule has 2 fully saturated rings. The van der Waals surface area contributed by atoms with Crippen LogP contribution in [0.3, 0.4) is 0 Å². The van der Waals surface area contributed by atoms with Crippen molar-refractivity contribution in [3.05, 3.63) is 15.6 Å². The SMILES string of the molecule is CN(Cc1nc2c(s1)CCCC2)CC1CC2(CCNCC2)C(=O)O1. The van der Waals surface area contributed by atoms with Crippen molar-refractivity contribution in [2.75, 3.05) is 26.7 Å². The van der Waals surface area contributed by atoms with Gasteiger partial charge in [0.15, 0.2) is 0 Å². The Morgan fingerprint density at radius 1 is 1.33 bits per heavy atom. The van der Waals surface area contributed by atoms with E-state index in [1.807, 2.05) is 11.3 Å². The Morgan fingerprint density at radius 2 is 2.12 bits per heavy atom. The first-order chi connectivity index (χ1) is 11.6. The fourth-order valence-corrected chi connectivity index (χ4v) is 5.61. The normalized spacial score (nSPS) is 25.9. The number of carbonyl (C=O) groups excluding carboxylic acids is 1. The Bertz CT molecular complexity index is 586. The van der Waals surface area contributed by atoms with E-state index in [-0.39, 0.29) is 17.5 Å². The molecule has 0 radical (unpaired) electrons. The third-order valence-corrected chi connectivity index (χ3v) is 6.84. The fraction of sp³-hybridized carbons (Fsp3) is 0.778. The summed E-state index contributed by atoms with van der Waals surface area (Å²) in [5.41, 5.74) is 1.12. The molecule has 1 N–H and O–H groups in total. The minimum absolute atomic E-state index is 0.0344. The molecule has 0 aromatic carbocycles. The van der Waals surface area contributed by atoms with Crippen molar-refractivity contribution >= 4 is 17.3 Å². The van der Waals surface area contributed by atoms with E-state index in [0.717, 1.165) is 51.9 Å². The molecule has 4 rings (SSSR count). The van der Waals surface area contributed by atoms with E-state index in [4.69, 9.17) is 9.72 Å². The van der Waals surface area contributed by atoms with E-state index in [0.29, 0.717) is 0 Å². The zero-order valence-electron chi connectivity index (χ0n) is 14.5. The highest BCUT2D eigenvalue weighted by Gasteiger charge is 2.49. The summed E-state index contributed by atoms with van der Waals surface area (Å²) < 4.78 is 5.72. The molecule has 2 saturated heterocycles. The van der Waals surface area contributed by atoms with Crippen LogP contribution in [-0.2, 0) is 28.9 Å². The molecule has 3 heterocycles. The highest BCUT2D eigenvalue weighted by atomic mass is 32.1. The Morgan fingerprint density at radius 3 is 2.92 bits per heavy atom. The molecule has 1 aromatic rings. The zero-order valence-corrected chi connectivity index (χ0v) is 15.3. The van der Waals surface area contributed by atoms with Crippen molar-refractivity contribution in [3.8, 4) is 0 Å². The largest absolute Gasteiger partial charge is 0.461 e. The second-order valence-corrected chi connectivity index (χ2v) is 8.81. The third-order valence-electron chi connectivity index (χ3n) is 5.70. The molecule has 0 amide bonds.